The van der Waals surface area contributed by atoms with Gasteiger partial charge in [0.1, 0.15) is 23.5 Å². The van der Waals surface area contributed by atoms with Crippen LogP contribution in [-0.2, 0) is 14.4 Å². The molecule has 3 saturated heterocycles. The zero-order valence-electron chi connectivity index (χ0n) is 15.7. The molecule has 2 N–H and O–H groups in total. The molecule has 3 aliphatic heterocycles. The lowest BCUT2D eigenvalue weighted by Crippen LogP contribution is -2.73. The number of benzene rings is 1. The van der Waals surface area contributed by atoms with Crippen molar-refractivity contribution in [3.05, 3.63) is 35.9 Å². The Bertz CT molecular complexity index is 826. The van der Waals surface area contributed by atoms with E-state index in [2.05, 4.69) is 5.32 Å². The van der Waals surface area contributed by atoms with Gasteiger partial charge in [0.25, 0.3) is 0 Å². The number of carbonyl (C=O) groups is 3. The molecule has 0 spiro atoms. The third kappa shape index (κ3) is 2.50. The van der Waals surface area contributed by atoms with Gasteiger partial charge in [-0.15, -0.1) is 11.8 Å². The number of nitrogens with one attached hydrogen (secondary N) is 1. The topological polar surface area (TPSA) is 90.0 Å². The van der Waals surface area contributed by atoms with E-state index in [0.29, 0.717) is 0 Å². The van der Waals surface area contributed by atoms with Gasteiger partial charge < -0.3 is 15.3 Å². The van der Waals surface area contributed by atoms with Crippen molar-refractivity contribution in [3.8, 4) is 0 Å². The standard InChI is InChI=1S/C19H23N3O4S/c1-18(2)13(17(25)26)21-15(24)12(16(21)27-18)22-11(10-8-6-5-7-9-10)14(23)20-19(22,3)4/h5-9,11-13,16H,1-4H3,(H,20,23)(H,25,26)/t11?,12-,13+,16-/m1/s1. The van der Waals surface area contributed by atoms with E-state index in [4.69, 9.17) is 0 Å². The van der Waals surface area contributed by atoms with Crippen molar-refractivity contribution >= 4 is 29.5 Å². The number of carboxylic acid groups (broad SMARTS) is 1. The summed E-state index contributed by atoms with van der Waals surface area (Å²) in [5, 5.41) is 12.3. The fourth-order valence-corrected chi connectivity index (χ4v) is 6.27. The van der Waals surface area contributed by atoms with Gasteiger partial charge in [-0.25, -0.2) is 4.79 Å². The predicted octanol–water partition coefficient (Wildman–Crippen LogP) is 1.41. The Morgan fingerprint density at radius 2 is 1.78 bits per heavy atom. The second-order valence-electron chi connectivity index (χ2n) is 8.31. The number of aliphatic carboxylic acids is 1. The minimum Gasteiger partial charge on any atom is -0.480 e. The van der Waals surface area contributed by atoms with Crippen molar-refractivity contribution < 1.29 is 19.5 Å². The highest BCUT2D eigenvalue weighted by atomic mass is 32.2. The quantitative estimate of drug-likeness (QED) is 0.760. The van der Waals surface area contributed by atoms with Crippen molar-refractivity contribution in [2.24, 2.45) is 0 Å². The zero-order chi connectivity index (χ0) is 19.7. The van der Waals surface area contributed by atoms with Gasteiger partial charge in [-0.3, -0.25) is 14.5 Å². The van der Waals surface area contributed by atoms with E-state index in [1.165, 1.54) is 16.7 Å². The van der Waals surface area contributed by atoms with Gasteiger partial charge in [-0.2, -0.15) is 0 Å². The first-order valence-corrected chi connectivity index (χ1v) is 9.82. The first-order chi connectivity index (χ1) is 12.6. The van der Waals surface area contributed by atoms with Gasteiger partial charge in [-0.1, -0.05) is 30.3 Å². The van der Waals surface area contributed by atoms with Gasteiger partial charge >= 0.3 is 5.97 Å². The van der Waals surface area contributed by atoms with E-state index in [1.807, 2.05) is 62.9 Å². The van der Waals surface area contributed by atoms with Crippen molar-refractivity contribution in [1.82, 2.24) is 15.1 Å². The lowest BCUT2D eigenvalue weighted by molar-refractivity contribution is -0.169. The van der Waals surface area contributed by atoms with E-state index in [-0.39, 0.29) is 17.2 Å². The van der Waals surface area contributed by atoms with Crippen LogP contribution in [0.2, 0.25) is 0 Å². The minimum absolute atomic E-state index is 0.144. The van der Waals surface area contributed by atoms with Gasteiger partial charge in [-0.05, 0) is 33.3 Å². The number of β-lactam (4-membered cyclic amide) rings is 1. The first kappa shape index (κ1) is 18.3. The molecule has 8 heteroatoms. The van der Waals surface area contributed by atoms with Gasteiger partial charge in [0.15, 0.2) is 0 Å². The number of rotatable bonds is 3. The lowest BCUT2D eigenvalue weighted by Gasteiger charge is -2.51. The van der Waals surface area contributed by atoms with E-state index >= 15 is 0 Å². The monoisotopic (exact) mass is 389 g/mol. The molecule has 0 aliphatic carbocycles. The van der Waals surface area contributed by atoms with Crippen molar-refractivity contribution in [2.45, 2.75) is 61.6 Å². The van der Waals surface area contributed by atoms with Crippen LogP contribution in [0.4, 0.5) is 0 Å². The summed E-state index contributed by atoms with van der Waals surface area (Å²) in [4.78, 5) is 41.0. The Morgan fingerprint density at radius 1 is 1.15 bits per heavy atom. The van der Waals surface area contributed by atoms with Gasteiger partial charge in [0, 0.05) is 4.75 Å². The lowest BCUT2D eigenvalue weighted by atomic mass is 9.92. The average molecular weight is 389 g/mol. The maximum Gasteiger partial charge on any atom is 0.327 e. The van der Waals surface area contributed by atoms with Gasteiger partial charge in [0.05, 0.1) is 5.66 Å². The number of thioether (sulfide) groups is 1. The summed E-state index contributed by atoms with van der Waals surface area (Å²) in [6.45, 7) is 7.46. The average Bonchev–Trinajstić information content (AvgIpc) is 2.96. The Hall–Kier alpha value is -2.06. The summed E-state index contributed by atoms with van der Waals surface area (Å²) in [5.74, 6) is -1.36. The molecule has 1 unspecified atom stereocenters. The Balaban J connectivity index is 1.73. The van der Waals surface area contributed by atoms with E-state index in [9.17, 15) is 19.5 Å². The molecule has 3 heterocycles. The number of fused-ring (bicyclic) bond motifs is 1. The van der Waals surface area contributed by atoms with Crippen LogP contribution in [0.3, 0.4) is 0 Å². The molecule has 2 amide bonds. The summed E-state index contributed by atoms with van der Waals surface area (Å²) in [6, 6.07) is 7.40. The number of hydrogen-bond donors (Lipinski definition) is 2. The maximum atomic E-state index is 13.1. The predicted molar refractivity (Wildman–Crippen MR) is 101 cm³/mol. The molecule has 3 fully saturated rings. The number of carboxylic acids is 1. The normalized spacial score (nSPS) is 34.1. The third-order valence-corrected chi connectivity index (χ3v) is 7.22. The SMILES string of the molecule is CC1(C)S[C@@H]2[C@H](N3C(c4ccccc4)C(=O)NC3(C)C)C(=O)N2[C@H]1C(=O)O. The fourth-order valence-electron chi connectivity index (χ4n) is 4.59. The van der Waals surface area contributed by atoms with Crippen LogP contribution in [0.5, 0.6) is 0 Å². The van der Waals surface area contributed by atoms with Gasteiger partial charge in [0.2, 0.25) is 11.8 Å². The summed E-state index contributed by atoms with van der Waals surface area (Å²) < 4.78 is -0.593. The van der Waals surface area contributed by atoms with Crippen LogP contribution in [0.15, 0.2) is 30.3 Å². The van der Waals surface area contributed by atoms with Crippen molar-refractivity contribution in [1.29, 1.82) is 0 Å². The van der Waals surface area contributed by atoms with Crippen LogP contribution in [0, 0.1) is 0 Å². The molecule has 3 aliphatic rings. The van der Waals surface area contributed by atoms with Crippen LogP contribution < -0.4 is 5.32 Å². The molecule has 144 valence electrons. The van der Waals surface area contributed by atoms with Crippen LogP contribution >= 0.6 is 11.8 Å². The van der Waals surface area contributed by atoms with Crippen LogP contribution in [0.1, 0.15) is 39.3 Å². The molecule has 0 saturated carbocycles. The third-order valence-electron chi connectivity index (χ3n) is 5.66. The number of hydrogen-bond acceptors (Lipinski definition) is 5. The summed E-state index contributed by atoms with van der Waals surface area (Å²) in [6.07, 6.45) is 0. The Morgan fingerprint density at radius 3 is 2.37 bits per heavy atom. The van der Waals surface area contributed by atoms with Crippen molar-refractivity contribution in [2.75, 3.05) is 0 Å². The molecular weight excluding hydrogens is 366 g/mol. The number of amides is 2. The minimum atomic E-state index is -0.990. The van der Waals surface area contributed by atoms with Crippen molar-refractivity contribution in [3.63, 3.8) is 0 Å². The summed E-state index contributed by atoms with van der Waals surface area (Å²) in [5.41, 5.74) is 0.111. The molecule has 7 nitrogen and oxygen atoms in total. The van der Waals surface area contributed by atoms with Crippen LogP contribution in [-0.4, -0.2) is 60.6 Å². The molecule has 1 aromatic rings. The molecule has 4 atom stereocenters. The highest BCUT2D eigenvalue weighted by Gasteiger charge is 2.68. The zero-order valence-corrected chi connectivity index (χ0v) is 16.5. The Kier molecular flexibility index (Phi) is 3.88. The summed E-state index contributed by atoms with van der Waals surface area (Å²) in [7, 11) is 0. The molecule has 1 aromatic carbocycles. The van der Waals surface area contributed by atoms with E-state index < -0.39 is 34.5 Å². The summed E-state index contributed by atoms with van der Waals surface area (Å²) >= 11 is 1.50. The smallest absolute Gasteiger partial charge is 0.327 e. The molecule has 0 bridgehead atoms. The van der Waals surface area contributed by atoms with E-state index in [1.54, 1.807) is 0 Å². The highest BCUT2D eigenvalue weighted by molar-refractivity contribution is 8.01. The number of nitrogens with zero attached hydrogens (tertiary/aromatic N) is 2. The Labute approximate surface area is 162 Å². The molecule has 0 radical (unpaired) electrons. The number of carbonyl (C=O) groups excluding carboxylic acids is 2. The van der Waals surface area contributed by atoms with Crippen LogP contribution in [0.25, 0.3) is 0 Å². The second-order valence-corrected chi connectivity index (χ2v) is 10.1. The highest BCUT2D eigenvalue weighted by Crippen LogP contribution is 2.54. The largest absolute Gasteiger partial charge is 0.480 e. The van der Waals surface area contributed by atoms with E-state index in [0.717, 1.165) is 5.56 Å². The second kappa shape index (κ2) is 5.72. The maximum absolute atomic E-state index is 13.1. The molecule has 0 aromatic heterocycles. The fraction of sp³-hybridized carbons (Fsp3) is 0.526. The molecular formula is C19H23N3O4S. The molecule has 4 rings (SSSR count). The first-order valence-electron chi connectivity index (χ1n) is 8.94. The molecule has 27 heavy (non-hydrogen) atoms.